The number of nitrogens with one attached hydrogen (secondary N) is 2. The number of rotatable bonds is 3. The van der Waals surface area contributed by atoms with Crippen molar-refractivity contribution in [2.45, 2.75) is 81.8 Å². The van der Waals surface area contributed by atoms with Crippen LogP contribution < -0.4 is 16.4 Å². The van der Waals surface area contributed by atoms with Crippen molar-refractivity contribution in [2.75, 3.05) is 6.54 Å². The maximum atomic E-state index is 12.8. The van der Waals surface area contributed by atoms with Gasteiger partial charge in [0.2, 0.25) is 5.91 Å². The highest BCUT2D eigenvalue weighted by atomic mass is 16.2. The van der Waals surface area contributed by atoms with Crippen molar-refractivity contribution in [1.82, 2.24) is 15.5 Å². The SMILES string of the molecule is NC1CC2CCCC(C1)C2NC(=O)CN1C(=O)NC2(CCCCC2)C1=O. The summed E-state index contributed by atoms with van der Waals surface area (Å²) in [4.78, 5) is 38.9. The van der Waals surface area contributed by atoms with Gasteiger partial charge < -0.3 is 16.4 Å². The Balaban J connectivity index is 1.39. The third-order valence-electron chi connectivity index (χ3n) is 6.96. The van der Waals surface area contributed by atoms with E-state index in [4.69, 9.17) is 5.73 Å². The Morgan fingerprint density at radius 1 is 1.12 bits per heavy atom. The van der Waals surface area contributed by atoms with Gasteiger partial charge in [-0.05, 0) is 50.4 Å². The Morgan fingerprint density at radius 3 is 2.42 bits per heavy atom. The molecule has 0 aromatic rings. The molecule has 4 rings (SSSR count). The summed E-state index contributed by atoms with van der Waals surface area (Å²) in [5, 5.41) is 6.00. The minimum Gasteiger partial charge on any atom is -0.351 e. The van der Waals surface area contributed by atoms with Crippen molar-refractivity contribution in [2.24, 2.45) is 17.6 Å². The lowest BCUT2D eigenvalue weighted by atomic mass is 9.67. The van der Waals surface area contributed by atoms with E-state index < -0.39 is 11.6 Å². The summed E-state index contributed by atoms with van der Waals surface area (Å²) >= 11 is 0. The van der Waals surface area contributed by atoms with Crippen LogP contribution in [0.3, 0.4) is 0 Å². The number of fused-ring (bicyclic) bond motifs is 2. The molecule has 0 aromatic carbocycles. The van der Waals surface area contributed by atoms with Gasteiger partial charge in [0.25, 0.3) is 5.91 Å². The monoisotopic (exact) mass is 362 g/mol. The molecule has 0 aromatic heterocycles. The predicted molar refractivity (Wildman–Crippen MR) is 96.0 cm³/mol. The molecule has 3 aliphatic carbocycles. The minimum absolute atomic E-state index is 0.139. The van der Waals surface area contributed by atoms with Crippen molar-refractivity contribution in [3.05, 3.63) is 0 Å². The van der Waals surface area contributed by atoms with Gasteiger partial charge in [0.05, 0.1) is 0 Å². The van der Waals surface area contributed by atoms with Crippen LogP contribution in [-0.4, -0.2) is 46.9 Å². The maximum Gasteiger partial charge on any atom is 0.325 e. The lowest BCUT2D eigenvalue weighted by Crippen LogP contribution is -2.55. The molecule has 2 bridgehead atoms. The van der Waals surface area contributed by atoms with Gasteiger partial charge in [0, 0.05) is 12.1 Å². The van der Waals surface area contributed by atoms with Crippen LogP contribution in [-0.2, 0) is 9.59 Å². The standard InChI is InChI=1S/C19H30N4O3/c20-14-9-12-5-4-6-13(10-14)16(12)21-15(24)11-23-17(25)19(22-18(23)26)7-2-1-3-8-19/h12-14,16H,1-11,20H2,(H,21,24)(H,22,26). The largest absolute Gasteiger partial charge is 0.351 e. The Kier molecular flexibility index (Phi) is 4.67. The summed E-state index contributed by atoms with van der Waals surface area (Å²) in [6, 6.07) is -0.0473. The van der Waals surface area contributed by atoms with Crippen LogP contribution in [0.25, 0.3) is 0 Å². The first-order chi connectivity index (χ1) is 12.5. The van der Waals surface area contributed by atoms with E-state index in [-0.39, 0.29) is 30.4 Å². The highest BCUT2D eigenvalue weighted by Gasteiger charge is 2.51. The molecule has 4 fully saturated rings. The molecule has 26 heavy (non-hydrogen) atoms. The zero-order valence-corrected chi connectivity index (χ0v) is 15.3. The molecule has 2 unspecified atom stereocenters. The van der Waals surface area contributed by atoms with Crippen molar-refractivity contribution < 1.29 is 14.4 Å². The van der Waals surface area contributed by atoms with Gasteiger partial charge in [-0.15, -0.1) is 0 Å². The van der Waals surface area contributed by atoms with Crippen molar-refractivity contribution in [1.29, 1.82) is 0 Å². The molecular weight excluding hydrogens is 332 g/mol. The zero-order valence-electron chi connectivity index (χ0n) is 15.3. The highest BCUT2D eigenvalue weighted by Crippen LogP contribution is 2.39. The van der Waals surface area contributed by atoms with Gasteiger partial charge in [-0.3, -0.25) is 14.5 Å². The normalized spacial score (nSPS) is 36.1. The molecule has 144 valence electrons. The molecule has 2 atom stereocenters. The second kappa shape index (κ2) is 6.83. The lowest BCUT2D eigenvalue weighted by Gasteiger charge is -2.45. The van der Waals surface area contributed by atoms with E-state index in [2.05, 4.69) is 10.6 Å². The predicted octanol–water partition coefficient (Wildman–Crippen LogP) is 1.26. The van der Waals surface area contributed by atoms with E-state index in [1.54, 1.807) is 0 Å². The van der Waals surface area contributed by atoms with E-state index >= 15 is 0 Å². The van der Waals surface area contributed by atoms with E-state index in [1.807, 2.05) is 0 Å². The zero-order chi connectivity index (χ0) is 18.3. The third kappa shape index (κ3) is 3.10. The number of urea groups is 1. The van der Waals surface area contributed by atoms with Gasteiger partial charge in [0.1, 0.15) is 12.1 Å². The number of carbonyl (C=O) groups is 3. The molecule has 7 heteroatoms. The number of nitrogens with two attached hydrogens (primary N) is 1. The van der Waals surface area contributed by atoms with Gasteiger partial charge in [-0.25, -0.2) is 4.79 Å². The van der Waals surface area contributed by atoms with Crippen molar-refractivity contribution >= 4 is 17.8 Å². The third-order valence-corrected chi connectivity index (χ3v) is 6.96. The quantitative estimate of drug-likeness (QED) is 0.658. The van der Waals surface area contributed by atoms with Gasteiger partial charge in [-0.1, -0.05) is 25.7 Å². The van der Waals surface area contributed by atoms with Crippen LogP contribution in [0.4, 0.5) is 4.79 Å². The number of imide groups is 1. The van der Waals surface area contributed by atoms with Crippen LogP contribution in [0, 0.1) is 11.8 Å². The fourth-order valence-corrected chi connectivity index (χ4v) is 5.71. The van der Waals surface area contributed by atoms with E-state index in [0.29, 0.717) is 24.7 Å². The first kappa shape index (κ1) is 17.8. The van der Waals surface area contributed by atoms with E-state index in [0.717, 1.165) is 49.8 Å². The van der Waals surface area contributed by atoms with Gasteiger partial charge >= 0.3 is 6.03 Å². The molecule has 3 saturated carbocycles. The van der Waals surface area contributed by atoms with Crippen LogP contribution in [0.15, 0.2) is 0 Å². The van der Waals surface area contributed by atoms with Crippen molar-refractivity contribution in [3.63, 3.8) is 0 Å². The summed E-state index contributed by atoms with van der Waals surface area (Å²) in [6.07, 6.45) is 9.64. The average molecular weight is 362 g/mol. The molecule has 1 spiro atoms. The average Bonchev–Trinajstić information content (AvgIpc) is 2.80. The second-order valence-corrected chi connectivity index (χ2v) is 8.74. The fourth-order valence-electron chi connectivity index (χ4n) is 5.71. The minimum atomic E-state index is -0.760. The van der Waals surface area contributed by atoms with E-state index in [9.17, 15) is 14.4 Å². The molecule has 7 nitrogen and oxygen atoms in total. The van der Waals surface area contributed by atoms with Gasteiger partial charge in [0.15, 0.2) is 0 Å². The molecule has 1 heterocycles. The Labute approximate surface area is 154 Å². The Bertz CT molecular complexity index is 588. The summed E-state index contributed by atoms with van der Waals surface area (Å²) < 4.78 is 0. The highest BCUT2D eigenvalue weighted by molar-refractivity contribution is 6.09. The summed E-state index contributed by atoms with van der Waals surface area (Å²) in [6.45, 7) is -0.172. The summed E-state index contributed by atoms with van der Waals surface area (Å²) in [5.74, 6) is 0.408. The second-order valence-electron chi connectivity index (χ2n) is 8.74. The lowest BCUT2D eigenvalue weighted by molar-refractivity contribution is -0.136. The molecule has 1 saturated heterocycles. The van der Waals surface area contributed by atoms with Gasteiger partial charge in [-0.2, -0.15) is 0 Å². The fraction of sp³-hybridized carbons (Fsp3) is 0.842. The first-order valence-corrected chi connectivity index (χ1v) is 10.2. The van der Waals surface area contributed by atoms with E-state index in [1.165, 1.54) is 6.42 Å². The molecule has 4 aliphatic rings. The Morgan fingerprint density at radius 2 is 1.77 bits per heavy atom. The molecule has 4 N–H and O–H groups in total. The van der Waals surface area contributed by atoms with Crippen LogP contribution in [0.1, 0.15) is 64.2 Å². The number of amides is 4. The number of hydrogen-bond donors (Lipinski definition) is 3. The first-order valence-electron chi connectivity index (χ1n) is 10.2. The summed E-state index contributed by atoms with van der Waals surface area (Å²) in [7, 11) is 0. The number of carbonyl (C=O) groups excluding carboxylic acids is 3. The molecule has 1 aliphatic heterocycles. The number of nitrogens with zero attached hydrogens (tertiary/aromatic N) is 1. The van der Waals surface area contributed by atoms with Crippen LogP contribution in [0.2, 0.25) is 0 Å². The van der Waals surface area contributed by atoms with Crippen molar-refractivity contribution in [3.8, 4) is 0 Å². The van der Waals surface area contributed by atoms with Crippen LogP contribution in [0.5, 0.6) is 0 Å². The smallest absolute Gasteiger partial charge is 0.325 e. The Hall–Kier alpha value is -1.63. The summed E-state index contributed by atoms with van der Waals surface area (Å²) in [5.41, 5.74) is 5.39. The van der Waals surface area contributed by atoms with Crippen LogP contribution >= 0.6 is 0 Å². The molecule has 0 radical (unpaired) electrons. The molecular formula is C19H30N4O3. The number of hydrogen-bond acceptors (Lipinski definition) is 4. The topological polar surface area (TPSA) is 105 Å². The maximum absolute atomic E-state index is 12.8. The molecule has 4 amide bonds.